The maximum absolute atomic E-state index is 11.3. The number of likely N-dealkylation sites (tertiary alicyclic amines) is 1. The van der Waals surface area contributed by atoms with E-state index < -0.39 is 12.2 Å². The molecule has 1 saturated heterocycles. The zero-order chi connectivity index (χ0) is 12.7. The predicted molar refractivity (Wildman–Crippen MR) is 62.0 cm³/mol. The number of amides is 2. The highest BCUT2D eigenvalue weighted by atomic mass is 16.6. The molecule has 0 aliphatic carbocycles. The first-order valence-electron chi connectivity index (χ1n) is 6.05. The van der Waals surface area contributed by atoms with Gasteiger partial charge in [0, 0.05) is 32.5 Å². The number of ether oxygens (including phenoxy) is 1. The normalized spacial score (nSPS) is 16.6. The number of alkyl carbamates (subject to hydrolysis) is 1. The standard InChI is InChI=1S/C11H20N2O4/c1-2-3-6-12-10(14)17-9-4-7-13(8-5-9)11(15)16/h9H,2-8H2,1H3,(H,12,14)(H,15,16). The molecule has 2 N–H and O–H groups in total. The van der Waals surface area contributed by atoms with Crippen molar-refractivity contribution in [1.29, 1.82) is 0 Å². The van der Waals surface area contributed by atoms with Gasteiger partial charge in [-0.3, -0.25) is 0 Å². The maximum atomic E-state index is 11.3. The van der Waals surface area contributed by atoms with Crippen LogP contribution in [0.5, 0.6) is 0 Å². The molecule has 0 aromatic heterocycles. The number of carboxylic acid groups (broad SMARTS) is 1. The third kappa shape index (κ3) is 4.93. The summed E-state index contributed by atoms with van der Waals surface area (Å²) in [6.07, 6.45) is 1.65. The number of unbranched alkanes of at least 4 members (excludes halogenated alkanes) is 1. The van der Waals surface area contributed by atoms with Gasteiger partial charge in [0.15, 0.2) is 0 Å². The molecular weight excluding hydrogens is 224 g/mol. The third-order valence-corrected chi connectivity index (χ3v) is 2.79. The minimum absolute atomic E-state index is 0.160. The van der Waals surface area contributed by atoms with Crippen LogP contribution in [0.15, 0.2) is 0 Å². The third-order valence-electron chi connectivity index (χ3n) is 2.79. The second-order valence-corrected chi connectivity index (χ2v) is 4.15. The van der Waals surface area contributed by atoms with Crippen LogP contribution in [0.4, 0.5) is 9.59 Å². The van der Waals surface area contributed by atoms with Gasteiger partial charge in [-0.15, -0.1) is 0 Å². The van der Waals surface area contributed by atoms with Crippen LogP contribution in [0.25, 0.3) is 0 Å². The Labute approximate surface area is 101 Å². The summed E-state index contributed by atoms with van der Waals surface area (Å²) in [6.45, 7) is 3.54. The Morgan fingerprint density at radius 3 is 2.59 bits per heavy atom. The molecule has 1 fully saturated rings. The molecule has 0 unspecified atom stereocenters. The molecule has 0 bridgehead atoms. The van der Waals surface area contributed by atoms with E-state index in [1.807, 2.05) is 0 Å². The summed E-state index contributed by atoms with van der Waals surface area (Å²) in [6, 6.07) is 0. The molecule has 98 valence electrons. The summed E-state index contributed by atoms with van der Waals surface area (Å²) in [5.74, 6) is 0. The predicted octanol–water partition coefficient (Wildman–Crippen LogP) is 1.66. The minimum Gasteiger partial charge on any atom is -0.465 e. The van der Waals surface area contributed by atoms with E-state index in [1.54, 1.807) is 0 Å². The second-order valence-electron chi connectivity index (χ2n) is 4.15. The minimum atomic E-state index is -0.907. The van der Waals surface area contributed by atoms with Crippen LogP contribution in [-0.2, 0) is 4.74 Å². The molecule has 0 saturated carbocycles. The summed E-state index contributed by atoms with van der Waals surface area (Å²) >= 11 is 0. The molecule has 2 amide bonds. The summed E-state index contributed by atoms with van der Waals surface area (Å²) < 4.78 is 5.20. The molecule has 1 aliphatic rings. The Morgan fingerprint density at radius 1 is 1.41 bits per heavy atom. The zero-order valence-electron chi connectivity index (χ0n) is 10.1. The fourth-order valence-electron chi connectivity index (χ4n) is 1.73. The van der Waals surface area contributed by atoms with Crippen molar-refractivity contribution in [2.75, 3.05) is 19.6 Å². The molecule has 1 heterocycles. The van der Waals surface area contributed by atoms with Crippen LogP contribution >= 0.6 is 0 Å². The Hall–Kier alpha value is -1.46. The lowest BCUT2D eigenvalue weighted by atomic mass is 10.1. The summed E-state index contributed by atoms with van der Waals surface area (Å²) in [7, 11) is 0. The van der Waals surface area contributed by atoms with Gasteiger partial charge in [0.25, 0.3) is 0 Å². The van der Waals surface area contributed by atoms with Gasteiger partial charge < -0.3 is 20.1 Å². The number of piperidine rings is 1. The summed E-state index contributed by atoms with van der Waals surface area (Å²) in [4.78, 5) is 23.3. The fraction of sp³-hybridized carbons (Fsp3) is 0.818. The van der Waals surface area contributed by atoms with Gasteiger partial charge in [0.2, 0.25) is 0 Å². The van der Waals surface area contributed by atoms with Crippen LogP contribution in [0, 0.1) is 0 Å². The average molecular weight is 244 g/mol. The fourth-order valence-corrected chi connectivity index (χ4v) is 1.73. The maximum Gasteiger partial charge on any atom is 0.407 e. The van der Waals surface area contributed by atoms with Crippen molar-refractivity contribution >= 4 is 12.2 Å². The largest absolute Gasteiger partial charge is 0.465 e. The second kappa shape index (κ2) is 6.98. The molecular formula is C11H20N2O4. The van der Waals surface area contributed by atoms with E-state index in [-0.39, 0.29) is 6.10 Å². The van der Waals surface area contributed by atoms with Gasteiger partial charge >= 0.3 is 12.2 Å². The molecule has 1 rings (SSSR count). The molecule has 6 heteroatoms. The van der Waals surface area contributed by atoms with Gasteiger partial charge in [0.1, 0.15) is 6.10 Å². The smallest absolute Gasteiger partial charge is 0.407 e. The summed E-state index contributed by atoms with van der Waals surface area (Å²) in [5, 5.41) is 11.4. The molecule has 0 aromatic carbocycles. The molecule has 0 radical (unpaired) electrons. The highest BCUT2D eigenvalue weighted by molar-refractivity contribution is 5.67. The van der Waals surface area contributed by atoms with E-state index in [4.69, 9.17) is 9.84 Å². The number of hydrogen-bond donors (Lipinski definition) is 2. The van der Waals surface area contributed by atoms with Crippen molar-refractivity contribution in [3.8, 4) is 0 Å². The Balaban J connectivity index is 2.17. The molecule has 17 heavy (non-hydrogen) atoms. The highest BCUT2D eigenvalue weighted by Crippen LogP contribution is 2.13. The molecule has 0 spiro atoms. The van der Waals surface area contributed by atoms with Crippen molar-refractivity contribution in [3.05, 3.63) is 0 Å². The molecule has 6 nitrogen and oxygen atoms in total. The van der Waals surface area contributed by atoms with E-state index in [0.29, 0.717) is 32.5 Å². The number of nitrogens with zero attached hydrogens (tertiary/aromatic N) is 1. The first-order chi connectivity index (χ1) is 8.13. The number of carbonyl (C=O) groups is 2. The first kappa shape index (κ1) is 13.6. The van der Waals surface area contributed by atoms with Crippen LogP contribution in [-0.4, -0.2) is 47.9 Å². The van der Waals surface area contributed by atoms with E-state index in [9.17, 15) is 9.59 Å². The highest BCUT2D eigenvalue weighted by Gasteiger charge is 2.24. The Morgan fingerprint density at radius 2 is 2.06 bits per heavy atom. The van der Waals surface area contributed by atoms with Crippen molar-refractivity contribution in [2.45, 2.75) is 38.7 Å². The average Bonchev–Trinajstić information content (AvgIpc) is 2.30. The Kier molecular flexibility index (Phi) is 5.59. The molecule has 1 aliphatic heterocycles. The van der Waals surface area contributed by atoms with E-state index in [0.717, 1.165) is 12.8 Å². The van der Waals surface area contributed by atoms with Crippen LogP contribution in [0.3, 0.4) is 0 Å². The lowest BCUT2D eigenvalue weighted by molar-refractivity contribution is 0.0511. The van der Waals surface area contributed by atoms with Crippen LogP contribution in [0.1, 0.15) is 32.6 Å². The van der Waals surface area contributed by atoms with Crippen LogP contribution in [0.2, 0.25) is 0 Å². The lowest BCUT2D eigenvalue weighted by Crippen LogP contribution is -2.41. The number of carbonyl (C=O) groups excluding carboxylic acids is 1. The van der Waals surface area contributed by atoms with Crippen molar-refractivity contribution in [2.24, 2.45) is 0 Å². The van der Waals surface area contributed by atoms with Gasteiger partial charge in [-0.05, 0) is 6.42 Å². The summed E-state index contributed by atoms with van der Waals surface area (Å²) in [5.41, 5.74) is 0. The van der Waals surface area contributed by atoms with Crippen molar-refractivity contribution in [1.82, 2.24) is 10.2 Å². The van der Waals surface area contributed by atoms with E-state index in [2.05, 4.69) is 12.2 Å². The number of hydrogen-bond acceptors (Lipinski definition) is 3. The topological polar surface area (TPSA) is 78.9 Å². The Bertz CT molecular complexity index is 262. The van der Waals surface area contributed by atoms with E-state index >= 15 is 0 Å². The molecule has 0 aromatic rings. The number of nitrogens with one attached hydrogen (secondary N) is 1. The van der Waals surface area contributed by atoms with Crippen LogP contribution < -0.4 is 5.32 Å². The number of rotatable bonds is 4. The first-order valence-corrected chi connectivity index (χ1v) is 6.05. The van der Waals surface area contributed by atoms with Gasteiger partial charge in [-0.25, -0.2) is 9.59 Å². The quantitative estimate of drug-likeness (QED) is 0.737. The lowest BCUT2D eigenvalue weighted by Gasteiger charge is -2.29. The van der Waals surface area contributed by atoms with Crippen molar-refractivity contribution < 1.29 is 19.4 Å². The van der Waals surface area contributed by atoms with Gasteiger partial charge in [-0.1, -0.05) is 13.3 Å². The SMILES string of the molecule is CCCCNC(=O)OC1CCN(C(=O)O)CC1. The monoisotopic (exact) mass is 244 g/mol. The van der Waals surface area contributed by atoms with Gasteiger partial charge in [0.05, 0.1) is 0 Å². The van der Waals surface area contributed by atoms with Gasteiger partial charge in [-0.2, -0.15) is 0 Å². The zero-order valence-corrected chi connectivity index (χ0v) is 10.1. The van der Waals surface area contributed by atoms with Crippen molar-refractivity contribution in [3.63, 3.8) is 0 Å². The van der Waals surface area contributed by atoms with E-state index in [1.165, 1.54) is 4.90 Å². The molecule has 0 atom stereocenters.